The molecule has 1 atom stereocenters. The van der Waals surface area contributed by atoms with Gasteiger partial charge in [-0.3, -0.25) is 4.79 Å². The molecule has 0 amide bonds. The van der Waals surface area contributed by atoms with Crippen LogP contribution in [0.15, 0.2) is 11.0 Å². The molecule has 1 unspecified atom stereocenters. The van der Waals surface area contributed by atoms with Gasteiger partial charge in [0, 0.05) is 20.1 Å². The van der Waals surface area contributed by atoms with Crippen LogP contribution >= 0.6 is 11.6 Å². The van der Waals surface area contributed by atoms with Gasteiger partial charge in [-0.15, -0.1) is 0 Å². The second-order valence-electron chi connectivity index (χ2n) is 5.86. The third-order valence-corrected chi connectivity index (χ3v) is 4.39. The Morgan fingerprint density at radius 3 is 2.95 bits per heavy atom. The van der Waals surface area contributed by atoms with Crippen LogP contribution in [0.25, 0.3) is 0 Å². The molecule has 1 aromatic rings. The van der Waals surface area contributed by atoms with Gasteiger partial charge in [0.25, 0.3) is 5.56 Å². The van der Waals surface area contributed by atoms with Crippen molar-refractivity contribution in [3.05, 3.63) is 21.6 Å². The fourth-order valence-corrected chi connectivity index (χ4v) is 3.34. The maximum Gasteiger partial charge on any atom is 0.287 e. The van der Waals surface area contributed by atoms with Crippen molar-refractivity contribution in [1.82, 2.24) is 9.78 Å². The highest BCUT2D eigenvalue weighted by molar-refractivity contribution is 6.33. The van der Waals surface area contributed by atoms with Crippen LogP contribution in [0.3, 0.4) is 0 Å². The molecular formula is C14H22ClN3O. The topological polar surface area (TPSA) is 38.1 Å². The van der Waals surface area contributed by atoms with Gasteiger partial charge in [0.15, 0.2) is 0 Å². The van der Waals surface area contributed by atoms with E-state index in [0.717, 1.165) is 25.2 Å². The summed E-state index contributed by atoms with van der Waals surface area (Å²) in [5.74, 6) is 0. The fraction of sp³-hybridized carbons (Fsp3) is 0.714. The minimum absolute atomic E-state index is 0.220. The summed E-state index contributed by atoms with van der Waals surface area (Å²) < 4.78 is 1.28. The first-order valence-electron chi connectivity index (χ1n) is 6.93. The van der Waals surface area contributed by atoms with Crippen molar-refractivity contribution in [3.63, 3.8) is 0 Å². The van der Waals surface area contributed by atoms with Crippen LogP contribution in [0, 0.1) is 5.41 Å². The number of aromatic nitrogens is 2. The fourth-order valence-electron chi connectivity index (χ4n) is 3.05. The van der Waals surface area contributed by atoms with E-state index in [9.17, 15) is 4.79 Å². The van der Waals surface area contributed by atoms with Crippen molar-refractivity contribution in [2.45, 2.75) is 39.5 Å². The first-order chi connectivity index (χ1) is 8.97. The zero-order valence-corrected chi connectivity index (χ0v) is 12.7. The van der Waals surface area contributed by atoms with E-state index in [-0.39, 0.29) is 5.56 Å². The van der Waals surface area contributed by atoms with Gasteiger partial charge in [0.05, 0.1) is 11.9 Å². The summed E-state index contributed by atoms with van der Waals surface area (Å²) in [6, 6.07) is 0. The van der Waals surface area contributed by atoms with E-state index in [1.54, 1.807) is 13.2 Å². The van der Waals surface area contributed by atoms with Crippen molar-refractivity contribution >= 4 is 17.3 Å². The SMILES string of the molecule is CCCC1(C)CCCN(c2cnn(C)c(=O)c2Cl)C1. The van der Waals surface area contributed by atoms with Gasteiger partial charge in [-0.25, -0.2) is 4.68 Å². The minimum atomic E-state index is -0.220. The predicted molar refractivity (Wildman–Crippen MR) is 79.0 cm³/mol. The summed E-state index contributed by atoms with van der Waals surface area (Å²) in [7, 11) is 1.62. The molecule has 0 aliphatic carbocycles. The first-order valence-corrected chi connectivity index (χ1v) is 7.31. The number of halogens is 1. The lowest BCUT2D eigenvalue weighted by Crippen LogP contribution is -2.42. The summed E-state index contributed by atoms with van der Waals surface area (Å²) >= 11 is 6.19. The van der Waals surface area contributed by atoms with Crippen molar-refractivity contribution < 1.29 is 0 Å². The van der Waals surface area contributed by atoms with E-state index >= 15 is 0 Å². The molecule has 2 rings (SSSR count). The number of nitrogens with zero attached hydrogens (tertiary/aromatic N) is 3. The smallest absolute Gasteiger partial charge is 0.287 e. The normalized spacial score (nSPS) is 23.7. The summed E-state index contributed by atoms with van der Waals surface area (Å²) in [6.07, 6.45) is 6.49. The highest BCUT2D eigenvalue weighted by atomic mass is 35.5. The Balaban J connectivity index is 2.27. The molecule has 0 bridgehead atoms. The van der Waals surface area contributed by atoms with E-state index in [1.165, 1.54) is 23.9 Å². The Kier molecular flexibility index (Phi) is 4.19. The molecule has 0 aromatic carbocycles. The number of hydrogen-bond donors (Lipinski definition) is 0. The standard InChI is InChI=1S/C14H22ClN3O/c1-4-6-14(2)7-5-8-18(10-14)11-9-16-17(3)13(19)12(11)15/h9H,4-8,10H2,1-3H3. The van der Waals surface area contributed by atoms with Gasteiger partial charge < -0.3 is 4.90 Å². The van der Waals surface area contributed by atoms with Crippen molar-refractivity contribution in [2.24, 2.45) is 12.5 Å². The Hall–Kier alpha value is -1.03. The number of hydrogen-bond acceptors (Lipinski definition) is 3. The maximum atomic E-state index is 11.9. The van der Waals surface area contributed by atoms with Crippen LogP contribution in [-0.4, -0.2) is 22.9 Å². The minimum Gasteiger partial charge on any atom is -0.368 e. The molecule has 0 spiro atoms. The monoisotopic (exact) mass is 283 g/mol. The number of aryl methyl sites for hydroxylation is 1. The van der Waals surface area contributed by atoms with Crippen molar-refractivity contribution in [1.29, 1.82) is 0 Å². The van der Waals surface area contributed by atoms with E-state index in [0.29, 0.717) is 10.4 Å². The molecule has 1 saturated heterocycles. The quantitative estimate of drug-likeness (QED) is 0.856. The number of anilines is 1. The third-order valence-electron chi connectivity index (χ3n) is 4.03. The van der Waals surface area contributed by atoms with Crippen LogP contribution in [0.4, 0.5) is 5.69 Å². The van der Waals surface area contributed by atoms with E-state index < -0.39 is 0 Å². The molecule has 0 N–H and O–H groups in total. The van der Waals surface area contributed by atoms with Gasteiger partial charge >= 0.3 is 0 Å². The molecule has 4 nitrogen and oxygen atoms in total. The summed E-state index contributed by atoms with van der Waals surface area (Å²) in [6.45, 7) is 6.45. The van der Waals surface area contributed by atoms with Gasteiger partial charge in [-0.2, -0.15) is 5.10 Å². The average molecular weight is 284 g/mol. The third kappa shape index (κ3) is 2.94. The van der Waals surface area contributed by atoms with E-state index in [2.05, 4.69) is 23.8 Å². The molecule has 1 fully saturated rings. The molecule has 1 aromatic heterocycles. The molecule has 1 aliphatic heterocycles. The summed E-state index contributed by atoms with van der Waals surface area (Å²) in [4.78, 5) is 14.1. The maximum absolute atomic E-state index is 11.9. The zero-order chi connectivity index (χ0) is 14.0. The highest BCUT2D eigenvalue weighted by Crippen LogP contribution is 2.36. The van der Waals surface area contributed by atoms with Gasteiger partial charge in [0.2, 0.25) is 0 Å². The molecule has 5 heteroatoms. The highest BCUT2D eigenvalue weighted by Gasteiger charge is 2.31. The molecule has 19 heavy (non-hydrogen) atoms. The molecule has 2 heterocycles. The molecule has 1 aliphatic rings. The lowest BCUT2D eigenvalue weighted by molar-refractivity contribution is 0.239. The Morgan fingerprint density at radius 1 is 1.53 bits per heavy atom. The Morgan fingerprint density at radius 2 is 2.26 bits per heavy atom. The van der Waals surface area contributed by atoms with Crippen LogP contribution < -0.4 is 10.5 Å². The lowest BCUT2D eigenvalue weighted by Gasteiger charge is -2.41. The van der Waals surface area contributed by atoms with E-state index in [4.69, 9.17) is 11.6 Å². The van der Waals surface area contributed by atoms with Gasteiger partial charge in [-0.05, 0) is 24.7 Å². The predicted octanol–water partition coefficient (Wildman–Crippen LogP) is 2.84. The molecular weight excluding hydrogens is 262 g/mol. The molecule has 0 radical (unpaired) electrons. The lowest BCUT2D eigenvalue weighted by atomic mass is 9.78. The molecule has 0 saturated carbocycles. The van der Waals surface area contributed by atoms with Crippen LogP contribution in [-0.2, 0) is 7.05 Å². The van der Waals surface area contributed by atoms with Crippen LogP contribution in [0.2, 0.25) is 5.02 Å². The summed E-state index contributed by atoms with van der Waals surface area (Å²) in [5, 5.41) is 4.38. The van der Waals surface area contributed by atoms with Gasteiger partial charge in [0.1, 0.15) is 5.02 Å². The zero-order valence-electron chi connectivity index (χ0n) is 11.9. The van der Waals surface area contributed by atoms with Gasteiger partial charge in [-0.1, -0.05) is 31.9 Å². The van der Waals surface area contributed by atoms with Crippen LogP contribution in [0.1, 0.15) is 39.5 Å². The molecule has 106 valence electrons. The van der Waals surface area contributed by atoms with E-state index in [1.807, 2.05) is 0 Å². The first kappa shape index (κ1) is 14.4. The van der Waals surface area contributed by atoms with Crippen LogP contribution in [0.5, 0.6) is 0 Å². The van der Waals surface area contributed by atoms with Crippen molar-refractivity contribution in [2.75, 3.05) is 18.0 Å². The average Bonchev–Trinajstić information content (AvgIpc) is 2.36. The summed E-state index contributed by atoms with van der Waals surface area (Å²) in [5.41, 5.74) is 0.881. The Bertz CT molecular complexity index is 510. The largest absolute Gasteiger partial charge is 0.368 e. The van der Waals surface area contributed by atoms with Crippen molar-refractivity contribution in [3.8, 4) is 0 Å². The second kappa shape index (κ2) is 5.53. The second-order valence-corrected chi connectivity index (χ2v) is 6.24. The Labute approximate surface area is 119 Å². The number of rotatable bonds is 3. The number of piperidine rings is 1.